The molecule has 0 spiro atoms. The molecule has 4 rings (SSSR count). The maximum absolute atomic E-state index is 13.4. The lowest BCUT2D eigenvalue weighted by Gasteiger charge is -2.46. The van der Waals surface area contributed by atoms with Gasteiger partial charge in [-0.2, -0.15) is 0 Å². The number of aromatic nitrogens is 1. The molecule has 0 aromatic carbocycles. The third-order valence-electron chi connectivity index (χ3n) is 6.34. The number of allylic oxidation sites excluding steroid dienone is 4. The minimum atomic E-state index is -0.607. The Balaban J connectivity index is 1.63. The Bertz CT molecular complexity index is 1060. The van der Waals surface area contributed by atoms with Crippen LogP contribution in [0.2, 0.25) is 0 Å². The molecule has 0 bridgehead atoms. The van der Waals surface area contributed by atoms with Crippen LogP contribution < -0.4 is 15.3 Å². The third kappa shape index (κ3) is 4.05. The predicted molar refractivity (Wildman–Crippen MR) is 124 cm³/mol. The molecule has 1 saturated carbocycles. The molecule has 3 heterocycles. The van der Waals surface area contributed by atoms with Crippen LogP contribution in [0.4, 0.5) is 0 Å². The van der Waals surface area contributed by atoms with Gasteiger partial charge in [0.15, 0.2) is 17.7 Å². The molecule has 32 heavy (non-hydrogen) atoms. The lowest BCUT2D eigenvalue weighted by molar-refractivity contribution is -0.134. The fourth-order valence-electron chi connectivity index (χ4n) is 4.77. The highest BCUT2D eigenvalue weighted by Crippen LogP contribution is 2.39. The van der Waals surface area contributed by atoms with Gasteiger partial charge in [-0.25, -0.2) is 0 Å². The van der Waals surface area contributed by atoms with Crippen molar-refractivity contribution in [2.75, 3.05) is 13.2 Å². The standard InChI is InChI=1S/C23H28N3O5P/c1-3-4-5-7-14(2)10-24-22(28)16-11-25-12-18-26(17-9-6-8-15(17)13-30-18)23(29)19(25)21(31-32)20(16)27/h3-5,7,11,15,17-18H,1,6,8-10,12-13,32H2,2H3,(H,24,28)/b5-4-,14-7+/t15-,17-,18+/m0/s1. The van der Waals surface area contributed by atoms with Gasteiger partial charge in [0.25, 0.3) is 11.8 Å². The summed E-state index contributed by atoms with van der Waals surface area (Å²) in [6.07, 6.45) is 11.2. The maximum atomic E-state index is 13.4. The van der Waals surface area contributed by atoms with Crippen LogP contribution >= 0.6 is 9.47 Å². The van der Waals surface area contributed by atoms with Gasteiger partial charge in [-0.05, 0) is 19.8 Å². The van der Waals surface area contributed by atoms with E-state index in [4.69, 9.17) is 9.26 Å². The van der Waals surface area contributed by atoms with Crippen LogP contribution in [0.25, 0.3) is 0 Å². The van der Waals surface area contributed by atoms with E-state index in [1.807, 2.05) is 28.5 Å². The largest absolute Gasteiger partial charge is 0.474 e. The van der Waals surface area contributed by atoms with Gasteiger partial charge in [-0.1, -0.05) is 42.9 Å². The molecule has 0 radical (unpaired) electrons. The number of carbonyl (C=O) groups is 2. The molecule has 1 saturated heterocycles. The van der Waals surface area contributed by atoms with Gasteiger partial charge in [0, 0.05) is 24.7 Å². The number of rotatable bonds is 6. The van der Waals surface area contributed by atoms with E-state index in [2.05, 4.69) is 11.9 Å². The summed E-state index contributed by atoms with van der Waals surface area (Å²) in [6.45, 7) is 6.72. The first kappa shape index (κ1) is 22.5. The van der Waals surface area contributed by atoms with E-state index in [1.54, 1.807) is 21.6 Å². The number of hydrogen-bond acceptors (Lipinski definition) is 5. The summed E-state index contributed by atoms with van der Waals surface area (Å²) >= 11 is 0. The smallest absolute Gasteiger partial charge is 0.276 e. The zero-order chi connectivity index (χ0) is 22.8. The molecule has 4 atom stereocenters. The van der Waals surface area contributed by atoms with Crippen molar-refractivity contribution in [3.8, 4) is 5.75 Å². The Labute approximate surface area is 189 Å². The Morgan fingerprint density at radius 1 is 1.38 bits per heavy atom. The van der Waals surface area contributed by atoms with Crippen molar-refractivity contribution < 1.29 is 18.8 Å². The Kier molecular flexibility index (Phi) is 6.63. The van der Waals surface area contributed by atoms with E-state index >= 15 is 0 Å². The third-order valence-corrected chi connectivity index (χ3v) is 6.57. The summed E-state index contributed by atoms with van der Waals surface area (Å²) in [5.41, 5.74) is 0.394. The first-order valence-electron chi connectivity index (χ1n) is 10.8. The molecular weight excluding hydrogens is 429 g/mol. The molecule has 1 aliphatic carbocycles. The SMILES string of the molecule is C=C/C=C\C=C(/C)CNC(=O)c1cn2c(c(OP)c1=O)C(=O)N1[C@@H](C2)OC[C@@H]2CCC[C@@H]21. The van der Waals surface area contributed by atoms with Crippen LogP contribution in [0.3, 0.4) is 0 Å². The monoisotopic (exact) mass is 457 g/mol. The highest BCUT2D eigenvalue weighted by atomic mass is 31.0. The van der Waals surface area contributed by atoms with Crippen LogP contribution in [0.1, 0.15) is 47.0 Å². The minimum absolute atomic E-state index is 0.0727. The number of amides is 2. The molecule has 1 aromatic rings. The lowest BCUT2D eigenvalue weighted by atomic mass is 9.98. The topological polar surface area (TPSA) is 89.9 Å². The minimum Gasteiger partial charge on any atom is -0.474 e. The summed E-state index contributed by atoms with van der Waals surface area (Å²) in [4.78, 5) is 41.0. The quantitative estimate of drug-likeness (QED) is 0.524. The summed E-state index contributed by atoms with van der Waals surface area (Å²) in [6, 6.07) is 0.121. The summed E-state index contributed by atoms with van der Waals surface area (Å²) < 4.78 is 12.9. The number of pyridine rings is 1. The van der Waals surface area contributed by atoms with Gasteiger partial charge in [0.1, 0.15) is 5.56 Å². The van der Waals surface area contributed by atoms with E-state index < -0.39 is 17.6 Å². The highest BCUT2D eigenvalue weighted by molar-refractivity contribution is 7.10. The fraction of sp³-hybridized carbons (Fsp3) is 0.435. The number of ether oxygens (including phenoxy) is 1. The molecule has 2 amide bonds. The summed E-state index contributed by atoms with van der Waals surface area (Å²) in [5, 5.41) is 2.75. The molecule has 8 nitrogen and oxygen atoms in total. The molecule has 2 fully saturated rings. The van der Waals surface area contributed by atoms with Crippen molar-refractivity contribution >= 4 is 21.3 Å². The second-order valence-electron chi connectivity index (χ2n) is 8.39. The van der Waals surface area contributed by atoms with Gasteiger partial charge in [0.2, 0.25) is 5.43 Å². The lowest BCUT2D eigenvalue weighted by Crippen LogP contribution is -2.59. The van der Waals surface area contributed by atoms with Crippen molar-refractivity contribution in [1.29, 1.82) is 0 Å². The zero-order valence-corrected chi connectivity index (χ0v) is 19.2. The molecule has 1 N–H and O–H groups in total. The molecule has 1 unspecified atom stereocenters. The average molecular weight is 457 g/mol. The maximum Gasteiger partial charge on any atom is 0.276 e. The molecular formula is C23H28N3O5P. The number of nitrogens with one attached hydrogen (secondary N) is 1. The van der Waals surface area contributed by atoms with Gasteiger partial charge in [0.05, 0.1) is 22.6 Å². The van der Waals surface area contributed by atoms with E-state index in [9.17, 15) is 14.4 Å². The fourth-order valence-corrected chi connectivity index (χ4v) is 4.98. The van der Waals surface area contributed by atoms with Crippen molar-refractivity contribution in [3.63, 3.8) is 0 Å². The second kappa shape index (κ2) is 9.43. The number of nitrogens with zero attached hydrogens (tertiary/aromatic N) is 2. The van der Waals surface area contributed by atoms with Gasteiger partial charge >= 0.3 is 0 Å². The van der Waals surface area contributed by atoms with Crippen LogP contribution in [-0.4, -0.2) is 46.7 Å². The van der Waals surface area contributed by atoms with Crippen molar-refractivity contribution in [1.82, 2.24) is 14.8 Å². The first-order chi connectivity index (χ1) is 15.5. The predicted octanol–water partition coefficient (Wildman–Crippen LogP) is 2.42. The molecule has 170 valence electrons. The number of fused-ring (bicyclic) bond motifs is 4. The van der Waals surface area contributed by atoms with Crippen molar-refractivity contribution in [3.05, 3.63) is 64.1 Å². The summed E-state index contributed by atoms with van der Waals surface area (Å²) in [5.74, 6) is -0.611. The van der Waals surface area contributed by atoms with Gasteiger partial charge < -0.3 is 24.0 Å². The highest BCUT2D eigenvalue weighted by Gasteiger charge is 2.47. The Morgan fingerprint density at radius 3 is 2.94 bits per heavy atom. The summed E-state index contributed by atoms with van der Waals surface area (Å²) in [7, 11) is 2.02. The van der Waals surface area contributed by atoms with E-state index in [-0.39, 0.29) is 35.5 Å². The van der Waals surface area contributed by atoms with Gasteiger partial charge in [-0.15, -0.1) is 0 Å². The number of hydrogen-bond donors (Lipinski definition) is 1. The van der Waals surface area contributed by atoms with E-state index in [0.29, 0.717) is 19.1 Å². The van der Waals surface area contributed by atoms with Gasteiger partial charge in [-0.3, -0.25) is 14.4 Å². The van der Waals surface area contributed by atoms with Crippen LogP contribution in [0.5, 0.6) is 5.75 Å². The van der Waals surface area contributed by atoms with Crippen LogP contribution in [-0.2, 0) is 11.3 Å². The van der Waals surface area contributed by atoms with Crippen molar-refractivity contribution in [2.45, 2.75) is 45.0 Å². The zero-order valence-electron chi connectivity index (χ0n) is 18.1. The van der Waals surface area contributed by atoms with Crippen molar-refractivity contribution in [2.24, 2.45) is 5.92 Å². The van der Waals surface area contributed by atoms with E-state index in [0.717, 1.165) is 24.8 Å². The first-order valence-corrected chi connectivity index (χ1v) is 11.2. The van der Waals surface area contributed by atoms with Crippen LogP contribution in [0.15, 0.2) is 47.4 Å². The van der Waals surface area contributed by atoms with E-state index in [1.165, 1.54) is 6.20 Å². The number of carbonyl (C=O) groups excluding carboxylic acids is 2. The molecule has 3 aliphatic rings. The normalized spacial score (nSPS) is 24.7. The van der Waals surface area contributed by atoms with Crippen LogP contribution in [0, 0.1) is 5.92 Å². The molecule has 2 aliphatic heterocycles. The molecule has 1 aromatic heterocycles. The Hall–Kier alpha value is -2.70. The average Bonchev–Trinajstić information content (AvgIpc) is 3.26. The Morgan fingerprint density at radius 2 is 2.19 bits per heavy atom. The molecule has 9 heteroatoms. The second-order valence-corrected chi connectivity index (χ2v) is 8.63.